The van der Waals surface area contributed by atoms with Crippen molar-refractivity contribution in [3.8, 4) is 55.9 Å². The Morgan fingerprint density at radius 2 is 1.09 bits per heavy atom. The maximum atomic E-state index is 6.79. The number of fused-ring (bicyclic) bond motifs is 9. The predicted octanol–water partition coefficient (Wildman–Crippen LogP) is 16.8. The van der Waals surface area contributed by atoms with Crippen molar-refractivity contribution in [1.29, 1.82) is 0 Å². The molecule has 2 aliphatic heterocycles. The van der Waals surface area contributed by atoms with Crippen molar-refractivity contribution in [3.63, 3.8) is 0 Å². The van der Waals surface area contributed by atoms with E-state index in [0.29, 0.717) is 5.84 Å². The molecule has 3 unspecified atom stereocenters. The summed E-state index contributed by atoms with van der Waals surface area (Å²) in [4.78, 5) is 10.7. The molecule has 0 radical (unpaired) electrons. The first kappa shape index (κ1) is 42.9. The van der Waals surface area contributed by atoms with Crippen LogP contribution in [-0.2, 0) is 0 Å². The molecule has 0 bridgehead atoms. The largest absolute Gasteiger partial charge is 0.485 e. The van der Waals surface area contributed by atoms with Crippen LogP contribution in [0.5, 0.6) is 5.75 Å². The number of furan rings is 1. The molecule has 12 aromatic rings. The average Bonchev–Trinajstić information content (AvgIpc) is 4.20. The third kappa shape index (κ3) is 7.25. The summed E-state index contributed by atoms with van der Waals surface area (Å²) in [6.07, 6.45) is 8.15. The van der Waals surface area contributed by atoms with Crippen LogP contribution in [0.1, 0.15) is 34.3 Å². The Bertz CT molecular complexity index is 4350. The highest BCUT2D eigenvalue weighted by Gasteiger charge is 2.37. The molecule has 10 aromatic carbocycles. The van der Waals surface area contributed by atoms with E-state index in [9.17, 15) is 0 Å². The first-order valence-electron chi connectivity index (χ1n) is 25.6. The van der Waals surface area contributed by atoms with Gasteiger partial charge in [0.2, 0.25) is 0 Å². The summed E-state index contributed by atoms with van der Waals surface area (Å²) < 4.78 is 15.9. The van der Waals surface area contributed by atoms with Crippen LogP contribution in [0, 0.1) is 0 Å². The van der Waals surface area contributed by atoms with Gasteiger partial charge in [0.25, 0.3) is 0 Å². The van der Waals surface area contributed by atoms with Crippen LogP contribution in [0.4, 0.5) is 0 Å². The molecule has 6 heteroatoms. The molecule has 0 saturated heterocycles. The Kier molecular flexibility index (Phi) is 9.98. The first-order valence-corrected chi connectivity index (χ1v) is 25.6. The van der Waals surface area contributed by atoms with Gasteiger partial charge in [-0.3, -0.25) is 0 Å². The van der Waals surface area contributed by atoms with Gasteiger partial charge in [-0.15, -0.1) is 0 Å². The van der Waals surface area contributed by atoms with Crippen molar-refractivity contribution in [2.45, 2.75) is 18.2 Å². The highest BCUT2D eigenvalue weighted by atomic mass is 16.5. The minimum atomic E-state index is -0.402. The topological polar surface area (TPSA) is 64.1 Å². The summed E-state index contributed by atoms with van der Waals surface area (Å²) in [6.45, 7) is 0. The average molecular weight is 963 g/mol. The fourth-order valence-corrected chi connectivity index (χ4v) is 11.7. The second-order valence-electron chi connectivity index (χ2n) is 19.6. The molecule has 4 heterocycles. The number of benzene rings is 10. The number of ether oxygens (including phenoxy) is 1. The van der Waals surface area contributed by atoms with Crippen LogP contribution in [-0.4, -0.2) is 22.3 Å². The SMILES string of the molecule is C1=CC2Oc3ccc(C4=NC(c5ccccc5)=NC(c5ccc(-c6ccccc6)cc5)N4)c(-c4cccc(-c5cc6c(cc5-n5c7ccccc7c7cc(-c8ccccc8)ccc75)oc5ccccc56)c4)c3C2C=C1. The van der Waals surface area contributed by atoms with E-state index in [-0.39, 0.29) is 12.0 Å². The van der Waals surface area contributed by atoms with Crippen LogP contribution in [0.2, 0.25) is 0 Å². The lowest BCUT2D eigenvalue weighted by atomic mass is 9.83. The highest BCUT2D eigenvalue weighted by Crippen LogP contribution is 2.49. The van der Waals surface area contributed by atoms with Crippen LogP contribution in [0.15, 0.2) is 269 Å². The third-order valence-electron chi connectivity index (χ3n) is 15.2. The van der Waals surface area contributed by atoms with E-state index in [1.54, 1.807) is 0 Å². The molecule has 6 nitrogen and oxygen atoms in total. The summed E-state index contributed by atoms with van der Waals surface area (Å²) in [7, 11) is 0. The molecular formula is C69H46N4O2. The van der Waals surface area contributed by atoms with Gasteiger partial charge < -0.3 is 19.0 Å². The van der Waals surface area contributed by atoms with Gasteiger partial charge in [-0.25, -0.2) is 9.98 Å². The molecule has 3 aliphatic rings. The van der Waals surface area contributed by atoms with E-state index >= 15 is 0 Å². The molecule has 1 aliphatic carbocycles. The Labute approximate surface area is 433 Å². The van der Waals surface area contributed by atoms with Gasteiger partial charge in [-0.1, -0.05) is 194 Å². The fraction of sp³-hybridized carbons (Fsp3) is 0.0435. The predicted molar refractivity (Wildman–Crippen MR) is 307 cm³/mol. The van der Waals surface area contributed by atoms with E-state index in [1.165, 1.54) is 27.5 Å². The van der Waals surface area contributed by atoms with Crippen LogP contribution in [0.3, 0.4) is 0 Å². The standard InChI is InChI=1S/C69H46N4O2/c1-4-17-43(18-5-1)45-31-33-47(34-32-45)68-70-67(46-21-8-3-9-22-46)71-69(72-68)54-36-38-63-66(53-27-12-15-30-62(53)74-63)65(54)50-24-16-23-49(39-50)55-41-57-52-26-11-14-29-61(52)75-64(57)42-60(55)73-58-28-13-10-25-51(58)56-40-48(35-37-59(56)73)44-19-6-2-7-20-44/h1-42,53,62,68H,(H,70,71,72). The lowest BCUT2D eigenvalue weighted by molar-refractivity contribution is 0.269. The number of hydrogen-bond acceptors (Lipinski definition) is 5. The number of para-hydroxylation sites is 2. The van der Waals surface area contributed by atoms with Gasteiger partial charge in [0.1, 0.15) is 35.0 Å². The van der Waals surface area contributed by atoms with E-state index in [1.807, 2.05) is 24.3 Å². The number of nitrogens with one attached hydrogen (secondary N) is 1. The minimum absolute atomic E-state index is 0.000952. The van der Waals surface area contributed by atoms with Gasteiger partial charge in [0, 0.05) is 61.3 Å². The first-order chi connectivity index (χ1) is 37.2. The number of amidine groups is 2. The van der Waals surface area contributed by atoms with Crippen LogP contribution < -0.4 is 10.1 Å². The molecule has 1 N–H and O–H groups in total. The normalized spacial score (nSPS) is 16.7. The highest BCUT2D eigenvalue weighted by molar-refractivity contribution is 6.16. The van der Waals surface area contributed by atoms with Gasteiger partial charge >= 0.3 is 0 Å². The number of rotatable bonds is 8. The van der Waals surface area contributed by atoms with E-state index < -0.39 is 6.17 Å². The molecule has 0 spiro atoms. The Hall–Kier alpha value is -9.78. The monoisotopic (exact) mass is 962 g/mol. The smallest absolute Gasteiger partial charge is 0.159 e. The van der Waals surface area contributed by atoms with Crippen LogP contribution >= 0.6 is 0 Å². The number of aliphatic imine (C=N–C) groups is 2. The quantitative estimate of drug-likeness (QED) is 0.165. The zero-order valence-corrected chi connectivity index (χ0v) is 40.6. The number of aromatic nitrogens is 1. The van der Waals surface area contributed by atoms with Gasteiger partial charge in [0.15, 0.2) is 5.84 Å². The number of allylic oxidation sites excluding steroid dienone is 2. The summed E-state index contributed by atoms with van der Waals surface area (Å²) >= 11 is 0. The second-order valence-corrected chi connectivity index (χ2v) is 19.6. The number of hydrogen-bond donors (Lipinski definition) is 1. The Balaban J connectivity index is 0.933. The molecule has 354 valence electrons. The van der Waals surface area contributed by atoms with E-state index in [4.69, 9.17) is 19.1 Å². The van der Waals surface area contributed by atoms with Crippen molar-refractivity contribution in [2.75, 3.05) is 0 Å². The van der Waals surface area contributed by atoms with Crippen molar-refractivity contribution < 1.29 is 9.15 Å². The van der Waals surface area contributed by atoms with E-state index in [0.717, 1.165) is 100 Å². The molecule has 3 atom stereocenters. The lowest BCUT2D eigenvalue weighted by Crippen LogP contribution is -2.34. The molecule has 0 saturated carbocycles. The maximum absolute atomic E-state index is 6.79. The molecule has 0 fully saturated rings. The lowest BCUT2D eigenvalue weighted by Gasteiger charge is -2.26. The second kappa shape index (κ2) is 17.5. The Morgan fingerprint density at radius 1 is 0.440 bits per heavy atom. The van der Waals surface area contributed by atoms with Gasteiger partial charge in [0.05, 0.1) is 16.7 Å². The van der Waals surface area contributed by atoms with Gasteiger partial charge in [-0.2, -0.15) is 0 Å². The summed E-state index contributed by atoms with van der Waals surface area (Å²) in [5.74, 6) is 2.29. The molecule has 75 heavy (non-hydrogen) atoms. The third-order valence-corrected chi connectivity index (χ3v) is 15.2. The summed E-state index contributed by atoms with van der Waals surface area (Å²) in [5, 5.41) is 8.37. The zero-order chi connectivity index (χ0) is 49.4. The van der Waals surface area contributed by atoms with E-state index in [2.05, 4.69) is 240 Å². The van der Waals surface area contributed by atoms with Crippen molar-refractivity contribution in [1.82, 2.24) is 9.88 Å². The molecule has 2 aromatic heterocycles. The maximum Gasteiger partial charge on any atom is 0.159 e. The molecule has 15 rings (SSSR count). The summed E-state index contributed by atoms with van der Waals surface area (Å²) in [5.41, 5.74) is 18.0. The van der Waals surface area contributed by atoms with Crippen LogP contribution in [0.25, 0.3) is 93.9 Å². The van der Waals surface area contributed by atoms with Crippen molar-refractivity contribution >= 4 is 55.4 Å². The minimum Gasteiger partial charge on any atom is -0.485 e. The zero-order valence-electron chi connectivity index (χ0n) is 40.6. The fourth-order valence-electron chi connectivity index (χ4n) is 11.7. The molecular weight excluding hydrogens is 917 g/mol. The van der Waals surface area contributed by atoms with Crippen molar-refractivity contribution in [2.24, 2.45) is 9.98 Å². The molecule has 0 amide bonds. The van der Waals surface area contributed by atoms with Gasteiger partial charge in [-0.05, 0) is 93.6 Å². The summed E-state index contributed by atoms with van der Waals surface area (Å²) in [6, 6.07) is 82.0. The number of nitrogens with zero attached hydrogens (tertiary/aromatic N) is 3. The van der Waals surface area contributed by atoms with Crippen molar-refractivity contribution in [3.05, 3.63) is 277 Å². The Morgan fingerprint density at radius 3 is 1.91 bits per heavy atom.